The third-order valence-electron chi connectivity index (χ3n) is 2.97. The van der Waals surface area contributed by atoms with E-state index >= 15 is 0 Å². The molecule has 3 aromatic rings. The number of hydrogen-bond acceptors (Lipinski definition) is 7. The number of rotatable bonds is 6. The minimum absolute atomic E-state index is 0.269. The van der Waals surface area contributed by atoms with Crippen molar-refractivity contribution in [3.63, 3.8) is 0 Å². The van der Waals surface area contributed by atoms with Crippen molar-refractivity contribution in [2.75, 3.05) is 18.4 Å². The van der Waals surface area contributed by atoms with Gasteiger partial charge in [0.1, 0.15) is 11.6 Å². The summed E-state index contributed by atoms with van der Waals surface area (Å²) in [6.45, 7) is 2.67. The second kappa shape index (κ2) is 6.69. The molecule has 0 atom stereocenters. The van der Waals surface area contributed by atoms with Crippen LogP contribution in [0.4, 0.5) is 5.82 Å². The van der Waals surface area contributed by atoms with Crippen LogP contribution in [0.1, 0.15) is 16.2 Å². The number of nitrogens with one attached hydrogen (secondary N) is 2. The second-order valence-corrected chi connectivity index (χ2v) is 4.73. The zero-order valence-corrected chi connectivity index (χ0v) is 12.4. The highest BCUT2D eigenvalue weighted by Crippen LogP contribution is 2.05. The average molecular weight is 313 g/mol. The van der Waals surface area contributed by atoms with Crippen molar-refractivity contribution >= 4 is 11.7 Å². The molecule has 118 valence electrons. The van der Waals surface area contributed by atoms with E-state index < -0.39 is 0 Å². The van der Waals surface area contributed by atoms with Crippen LogP contribution in [0.3, 0.4) is 0 Å². The highest BCUT2D eigenvalue weighted by molar-refractivity contribution is 5.92. The topological polar surface area (TPSA) is 111 Å². The predicted molar refractivity (Wildman–Crippen MR) is 81.2 cm³/mol. The van der Waals surface area contributed by atoms with Crippen LogP contribution < -0.4 is 10.6 Å². The number of carbonyl (C=O) groups is 1. The summed E-state index contributed by atoms with van der Waals surface area (Å²) in [5.41, 5.74) is 0.269. The molecule has 0 spiro atoms. The Balaban J connectivity index is 1.45. The van der Waals surface area contributed by atoms with Crippen molar-refractivity contribution in [1.82, 2.24) is 30.5 Å². The fourth-order valence-electron chi connectivity index (χ4n) is 1.88. The molecule has 1 amide bonds. The molecule has 2 N–H and O–H groups in total. The Labute approximate surface area is 131 Å². The van der Waals surface area contributed by atoms with Crippen LogP contribution in [0.2, 0.25) is 0 Å². The molecule has 23 heavy (non-hydrogen) atoms. The van der Waals surface area contributed by atoms with E-state index in [1.54, 1.807) is 42.2 Å². The lowest BCUT2D eigenvalue weighted by Crippen LogP contribution is -2.29. The van der Waals surface area contributed by atoms with Gasteiger partial charge in [-0.2, -0.15) is 5.10 Å². The molecule has 0 fully saturated rings. The molecule has 0 unspecified atom stereocenters. The van der Waals surface area contributed by atoms with Crippen LogP contribution >= 0.6 is 0 Å². The number of nitrogens with zero attached hydrogens (tertiary/aromatic N) is 5. The van der Waals surface area contributed by atoms with E-state index in [0.717, 1.165) is 0 Å². The van der Waals surface area contributed by atoms with Crippen LogP contribution in [0, 0.1) is 6.92 Å². The number of anilines is 1. The van der Waals surface area contributed by atoms with E-state index in [0.29, 0.717) is 30.5 Å². The van der Waals surface area contributed by atoms with Gasteiger partial charge in [-0.25, -0.2) is 4.68 Å². The van der Waals surface area contributed by atoms with E-state index in [4.69, 9.17) is 4.52 Å². The van der Waals surface area contributed by atoms with Crippen LogP contribution in [0.5, 0.6) is 0 Å². The normalized spacial score (nSPS) is 10.5. The molecule has 0 bridgehead atoms. The van der Waals surface area contributed by atoms with Crippen LogP contribution in [0.15, 0.2) is 41.2 Å². The molecule has 0 saturated heterocycles. The maximum Gasteiger partial charge on any atom is 0.273 e. The molecule has 0 radical (unpaired) electrons. The van der Waals surface area contributed by atoms with Crippen LogP contribution in [0.25, 0.3) is 5.82 Å². The van der Waals surface area contributed by atoms with Gasteiger partial charge in [0.2, 0.25) is 0 Å². The minimum Gasteiger partial charge on any atom is -0.367 e. The Kier molecular flexibility index (Phi) is 4.27. The Morgan fingerprint density at radius 1 is 1.30 bits per heavy atom. The van der Waals surface area contributed by atoms with E-state index in [1.807, 2.05) is 6.07 Å². The van der Waals surface area contributed by atoms with Crippen molar-refractivity contribution in [1.29, 1.82) is 0 Å². The third kappa shape index (κ3) is 3.70. The maximum absolute atomic E-state index is 11.7. The summed E-state index contributed by atoms with van der Waals surface area (Å²) in [4.78, 5) is 11.7. The SMILES string of the molecule is Cc1cc(C(=O)NCCNc2ccc(-n3cccn3)nn2)no1. The molecule has 0 aliphatic rings. The average Bonchev–Trinajstić information content (AvgIpc) is 3.23. The Morgan fingerprint density at radius 3 is 2.87 bits per heavy atom. The van der Waals surface area contributed by atoms with E-state index in [1.165, 1.54) is 0 Å². The standard InChI is InChI=1S/C14H15N7O2/c1-10-9-11(20-23-10)14(22)16-7-6-15-12-3-4-13(19-18-12)21-8-2-5-17-21/h2-5,8-9H,6-7H2,1H3,(H,15,18)(H,16,22). The van der Waals surface area contributed by atoms with Gasteiger partial charge in [-0.1, -0.05) is 5.16 Å². The summed E-state index contributed by atoms with van der Waals surface area (Å²) < 4.78 is 6.47. The molecule has 9 heteroatoms. The molecule has 9 nitrogen and oxygen atoms in total. The highest BCUT2D eigenvalue weighted by Gasteiger charge is 2.09. The van der Waals surface area contributed by atoms with Crippen LogP contribution in [-0.4, -0.2) is 44.1 Å². The minimum atomic E-state index is -0.274. The molecule has 3 heterocycles. The van der Waals surface area contributed by atoms with Crippen molar-refractivity contribution < 1.29 is 9.32 Å². The number of carbonyl (C=O) groups excluding carboxylic acids is 1. The van der Waals surface area contributed by atoms with Crippen molar-refractivity contribution in [2.45, 2.75) is 6.92 Å². The predicted octanol–water partition coefficient (Wildman–Crippen LogP) is 0.801. The first-order valence-corrected chi connectivity index (χ1v) is 7.01. The number of aromatic nitrogens is 5. The fourth-order valence-corrected chi connectivity index (χ4v) is 1.88. The first-order chi connectivity index (χ1) is 11.2. The van der Waals surface area contributed by atoms with E-state index in [-0.39, 0.29) is 11.6 Å². The smallest absolute Gasteiger partial charge is 0.273 e. The first kappa shape index (κ1) is 14.7. The maximum atomic E-state index is 11.7. The summed E-state index contributed by atoms with van der Waals surface area (Å²) in [6.07, 6.45) is 3.46. The lowest BCUT2D eigenvalue weighted by Gasteiger charge is -2.06. The highest BCUT2D eigenvalue weighted by atomic mass is 16.5. The number of amides is 1. The van der Waals surface area contributed by atoms with Gasteiger partial charge in [-0.05, 0) is 25.1 Å². The van der Waals surface area contributed by atoms with Gasteiger partial charge < -0.3 is 15.2 Å². The van der Waals surface area contributed by atoms with Crippen molar-refractivity contribution in [2.24, 2.45) is 0 Å². The van der Waals surface area contributed by atoms with E-state index in [9.17, 15) is 4.79 Å². The summed E-state index contributed by atoms with van der Waals surface area (Å²) in [7, 11) is 0. The monoisotopic (exact) mass is 313 g/mol. The van der Waals surface area contributed by atoms with Crippen LogP contribution in [-0.2, 0) is 0 Å². The summed E-state index contributed by atoms with van der Waals surface area (Å²) in [5, 5.41) is 21.6. The Bertz CT molecular complexity index is 765. The third-order valence-corrected chi connectivity index (χ3v) is 2.97. The zero-order chi connectivity index (χ0) is 16.1. The number of hydrogen-bond donors (Lipinski definition) is 2. The fraction of sp³-hybridized carbons (Fsp3) is 0.214. The summed E-state index contributed by atoms with van der Waals surface area (Å²) in [6, 6.07) is 7.00. The zero-order valence-electron chi connectivity index (χ0n) is 12.4. The van der Waals surface area contributed by atoms with Gasteiger partial charge in [0.15, 0.2) is 11.5 Å². The van der Waals surface area contributed by atoms with Gasteiger partial charge in [-0.3, -0.25) is 4.79 Å². The Morgan fingerprint density at radius 2 is 2.22 bits per heavy atom. The molecular weight excluding hydrogens is 298 g/mol. The van der Waals surface area contributed by atoms with Crippen molar-refractivity contribution in [3.8, 4) is 5.82 Å². The number of aryl methyl sites for hydroxylation is 1. The Hall–Kier alpha value is -3.23. The molecule has 3 rings (SSSR count). The first-order valence-electron chi connectivity index (χ1n) is 7.01. The van der Waals surface area contributed by atoms with Gasteiger partial charge in [-0.15, -0.1) is 10.2 Å². The molecule has 0 aliphatic carbocycles. The largest absolute Gasteiger partial charge is 0.367 e. The molecule has 0 aliphatic heterocycles. The molecule has 0 aromatic carbocycles. The van der Waals surface area contributed by atoms with Gasteiger partial charge in [0.25, 0.3) is 5.91 Å². The quantitative estimate of drug-likeness (QED) is 0.647. The van der Waals surface area contributed by atoms with Gasteiger partial charge in [0, 0.05) is 31.5 Å². The molecular formula is C14H15N7O2. The summed E-state index contributed by atoms with van der Waals surface area (Å²) in [5.74, 6) is 1.58. The lowest BCUT2D eigenvalue weighted by molar-refractivity contribution is 0.0946. The summed E-state index contributed by atoms with van der Waals surface area (Å²) >= 11 is 0. The van der Waals surface area contributed by atoms with Gasteiger partial charge in [0.05, 0.1) is 0 Å². The van der Waals surface area contributed by atoms with Gasteiger partial charge >= 0.3 is 0 Å². The second-order valence-electron chi connectivity index (χ2n) is 4.73. The molecule has 0 saturated carbocycles. The molecule has 3 aromatic heterocycles. The lowest BCUT2D eigenvalue weighted by atomic mass is 10.3. The van der Waals surface area contributed by atoms with Crippen molar-refractivity contribution in [3.05, 3.63) is 48.1 Å². The van der Waals surface area contributed by atoms with E-state index in [2.05, 4.69) is 31.1 Å².